The molecule has 0 saturated carbocycles. The Labute approximate surface area is 165 Å². The quantitative estimate of drug-likeness (QED) is 0.497. The summed E-state index contributed by atoms with van der Waals surface area (Å²) in [5.41, 5.74) is 3.80. The first-order chi connectivity index (χ1) is 13.1. The largest absolute Gasteiger partial charge is 0.326 e. The van der Waals surface area contributed by atoms with Crippen LogP contribution < -0.4 is 10.6 Å². The van der Waals surface area contributed by atoms with Gasteiger partial charge in [-0.15, -0.1) is 0 Å². The molecule has 142 valence electrons. The first kappa shape index (κ1) is 19.6. The maximum absolute atomic E-state index is 12.4. The number of unbranched alkanes of at least 4 members (excludes halogenated alkanes) is 1. The van der Waals surface area contributed by atoms with Gasteiger partial charge in [-0.05, 0) is 74.2 Å². The summed E-state index contributed by atoms with van der Waals surface area (Å²) in [5.74, 6) is 0.217. The van der Waals surface area contributed by atoms with E-state index in [1.54, 1.807) is 0 Å². The lowest BCUT2D eigenvalue weighted by Gasteiger charge is -2.17. The molecule has 0 aliphatic carbocycles. The summed E-state index contributed by atoms with van der Waals surface area (Å²) < 4.78 is 0. The second kappa shape index (κ2) is 9.67. The lowest BCUT2D eigenvalue weighted by atomic mass is 9.97. The van der Waals surface area contributed by atoms with E-state index in [0.29, 0.717) is 19.3 Å². The molecule has 0 atom stereocenters. The van der Waals surface area contributed by atoms with E-state index in [1.165, 1.54) is 0 Å². The summed E-state index contributed by atoms with van der Waals surface area (Å²) >= 11 is 6.15. The van der Waals surface area contributed by atoms with E-state index in [9.17, 15) is 9.59 Å². The minimum absolute atomic E-state index is 0.0450. The van der Waals surface area contributed by atoms with Crippen molar-refractivity contribution in [1.29, 1.82) is 0 Å². The number of hydrogen-bond donors (Lipinski definition) is 2. The molecule has 2 aromatic rings. The zero-order valence-electron chi connectivity index (χ0n) is 15.4. The molecule has 0 radical (unpaired) electrons. The fourth-order valence-corrected chi connectivity index (χ4v) is 3.52. The van der Waals surface area contributed by atoms with Gasteiger partial charge in [0.2, 0.25) is 5.91 Å². The van der Waals surface area contributed by atoms with Crippen molar-refractivity contribution in [1.82, 2.24) is 5.32 Å². The van der Waals surface area contributed by atoms with E-state index in [1.807, 2.05) is 42.5 Å². The molecular weight excluding hydrogens is 360 g/mol. The highest BCUT2D eigenvalue weighted by Crippen LogP contribution is 2.24. The van der Waals surface area contributed by atoms with Crippen LogP contribution in [0, 0.1) is 0 Å². The van der Waals surface area contributed by atoms with Crippen LogP contribution in [0.2, 0.25) is 5.02 Å². The number of aryl methyl sites for hydroxylation is 1. The Hall–Kier alpha value is -2.17. The van der Waals surface area contributed by atoms with Gasteiger partial charge in [-0.2, -0.15) is 0 Å². The number of carbonyl (C=O) groups excluding carboxylic acids is 2. The van der Waals surface area contributed by atoms with Gasteiger partial charge >= 0.3 is 0 Å². The molecule has 0 unspecified atom stereocenters. The smallest absolute Gasteiger partial charge is 0.224 e. The monoisotopic (exact) mass is 384 g/mol. The summed E-state index contributed by atoms with van der Waals surface area (Å²) in [5, 5.41) is 7.07. The average Bonchev–Trinajstić information content (AvgIpc) is 2.68. The molecule has 0 saturated heterocycles. The van der Waals surface area contributed by atoms with Crippen LogP contribution in [0.4, 0.5) is 5.69 Å². The van der Waals surface area contributed by atoms with Crippen LogP contribution in [0.1, 0.15) is 47.2 Å². The fourth-order valence-electron chi connectivity index (χ4n) is 3.29. The summed E-state index contributed by atoms with van der Waals surface area (Å²) in [7, 11) is 0. The number of Topliss-reactive ketones (excluding diaryl/α,β-unsaturated/α-hetero) is 1. The van der Waals surface area contributed by atoms with Crippen LogP contribution in [0.25, 0.3) is 0 Å². The van der Waals surface area contributed by atoms with Gasteiger partial charge in [-0.1, -0.05) is 29.8 Å². The molecule has 1 amide bonds. The normalized spacial score (nSPS) is 13.1. The van der Waals surface area contributed by atoms with E-state index in [0.717, 1.165) is 59.8 Å². The van der Waals surface area contributed by atoms with Crippen LogP contribution >= 0.6 is 11.6 Å². The number of amides is 1. The number of hydrogen-bond acceptors (Lipinski definition) is 3. The van der Waals surface area contributed by atoms with Gasteiger partial charge in [-0.25, -0.2) is 0 Å². The molecule has 2 N–H and O–H groups in total. The zero-order valence-corrected chi connectivity index (χ0v) is 16.1. The maximum atomic E-state index is 12.4. The number of nitrogens with one attached hydrogen (secondary N) is 2. The number of fused-ring (bicyclic) bond motifs is 1. The van der Waals surface area contributed by atoms with Crippen molar-refractivity contribution in [2.75, 3.05) is 18.4 Å². The highest BCUT2D eigenvalue weighted by Gasteiger charge is 2.16. The Morgan fingerprint density at radius 1 is 1.07 bits per heavy atom. The topological polar surface area (TPSA) is 58.2 Å². The van der Waals surface area contributed by atoms with Gasteiger partial charge in [0.1, 0.15) is 0 Å². The lowest BCUT2D eigenvalue weighted by Crippen LogP contribution is -2.19. The fraction of sp³-hybridized carbons (Fsp3) is 0.364. The standard InChI is InChI=1S/C22H25ClN2O2/c23-19-6-2-1-5-16(19)12-14-24-13-4-3-7-21(26)18-8-10-20-17(15-18)9-11-22(27)25-20/h1-2,5-6,8,10,15,24H,3-4,7,9,11-14H2,(H,25,27). The number of benzene rings is 2. The molecule has 1 aliphatic rings. The van der Waals surface area contributed by atoms with Gasteiger partial charge in [0, 0.05) is 29.1 Å². The summed E-state index contributed by atoms with van der Waals surface area (Å²) in [6.45, 7) is 1.78. The van der Waals surface area contributed by atoms with Crippen LogP contribution in [-0.4, -0.2) is 24.8 Å². The van der Waals surface area contributed by atoms with Crippen LogP contribution in [-0.2, 0) is 17.6 Å². The van der Waals surface area contributed by atoms with Crippen molar-refractivity contribution in [2.45, 2.75) is 38.5 Å². The first-order valence-electron chi connectivity index (χ1n) is 9.53. The molecule has 0 bridgehead atoms. The van der Waals surface area contributed by atoms with Crippen LogP contribution in [0.3, 0.4) is 0 Å². The van der Waals surface area contributed by atoms with Crippen molar-refractivity contribution in [3.8, 4) is 0 Å². The van der Waals surface area contributed by atoms with Crippen molar-refractivity contribution in [2.24, 2.45) is 0 Å². The Kier molecular flexibility index (Phi) is 7.02. The highest BCUT2D eigenvalue weighted by molar-refractivity contribution is 6.31. The number of rotatable bonds is 9. The molecule has 1 aliphatic heterocycles. The number of anilines is 1. The van der Waals surface area contributed by atoms with Crippen LogP contribution in [0.15, 0.2) is 42.5 Å². The molecule has 0 spiro atoms. The summed E-state index contributed by atoms with van der Waals surface area (Å²) in [4.78, 5) is 23.8. The van der Waals surface area contributed by atoms with E-state index in [2.05, 4.69) is 10.6 Å². The van der Waals surface area contributed by atoms with E-state index in [4.69, 9.17) is 11.6 Å². The number of ketones is 1. The average molecular weight is 385 g/mol. The Morgan fingerprint density at radius 3 is 2.78 bits per heavy atom. The predicted molar refractivity (Wildman–Crippen MR) is 110 cm³/mol. The van der Waals surface area contributed by atoms with Crippen molar-refractivity contribution in [3.63, 3.8) is 0 Å². The SMILES string of the molecule is O=C1CCc2cc(C(=O)CCCCNCCc3ccccc3Cl)ccc2N1. The highest BCUT2D eigenvalue weighted by atomic mass is 35.5. The number of carbonyl (C=O) groups is 2. The van der Waals surface area contributed by atoms with Crippen molar-refractivity contribution < 1.29 is 9.59 Å². The second-order valence-corrected chi connectivity index (χ2v) is 7.30. The molecule has 1 heterocycles. The molecular formula is C22H25ClN2O2. The third-order valence-electron chi connectivity index (χ3n) is 4.86. The zero-order chi connectivity index (χ0) is 19.1. The Balaban J connectivity index is 1.34. The molecule has 0 aromatic heterocycles. The van der Waals surface area contributed by atoms with Gasteiger partial charge in [0.15, 0.2) is 5.78 Å². The summed E-state index contributed by atoms with van der Waals surface area (Å²) in [6.07, 6.45) is 4.49. The minimum atomic E-state index is 0.0450. The first-order valence-corrected chi connectivity index (χ1v) is 9.91. The van der Waals surface area contributed by atoms with Crippen molar-refractivity contribution in [3.05, 3.63) is 64.2 Å². The lowest BCUT2D eigenvalue weighted by molar-refractivity contribution is -0.116. The van der Waals surface area contributed by atoms with Crippen molar-refractivity contribution >= 4 is 29.0 Å². The predicted octanol–water partition coefficient (Wildman–Crippen LogP) is 4.41. The minimum Gasteiger partial charge on any atom is -0.326 e. The van der Waals surface area contributed by atoms with Gasteiger partial charge < -0.3 is 10.6 Å². The molecule has 0 fully saturated rings. The van der Waals surface area contributed by atoms with Gasteiger partial charge in [-0.3, -0.25) is 9.59 Å². The van der Waals surface area contributed by atoms with Gasteiger partial charge in [0.25, 0.3) is 0 Å². The van der Waals surface area contributed by atoms with E-state index in [-0.39, 0.29) is 11.7 Å². The Morgan fingerprint density at radius 2 is 1.93 bits per heavy atom. The molecule has 2 aromatic carbocycles. The van der Waals surface area contributed by atoms with Gasteiger partial charge in [0.05, 0.1) is 0 Å². The third kappa shape index (κ3) is 5.65. The third-order valence-corrected chi connectivity index (χ3v) is 5.23. The molecule has 4 nitrogen and oxygen atoms in total. The molecule has 27 heavy (non-hydrogen) atoms. The molecule has 5 heteroatoms. The Bertz CT molecular complexity index is 820. The van der Waals surface area contributed by atoms with E-state index < -0.39 is 0 Å². The number of halogens is 1. The second-order valence-electron chi connectivity index (χ2n) is 6.89. The molecule has 3 rings (SSSR count). The maximum Gasteiger partial charge on any atom is 0.224 e. The van der Waals surface area contributed by atoms with Crippen LogP contribution in [0.5, 0.6) is 0 Å². The summed E-state index contributed by atoms with van der Waals surface area (Å²) in [6, 6.07) is 13.5. The van der Waals surface area contributed by atoms with E-state index >= 15 is 0 Å².